The smallest absolute Gasteiger partial charge is 0.294 e. The summed E-state index contributed by atoms with van der Waals surface area (Å²) >= 11 is 0. The molecule has 1 heterocycles. The minimum Gasteiger partial charge on any atom is -0.294 e. The Kier molecular flexibility index (Phi) is 4.82. The van der Waals surface area contributed by atoms with Gasteiger partial charge in [-0.3, -0.25) is 9.13 Å². The predicted octanol–water partition coefficient (Wildman–Crippen LogP) is 2.68. The van der Waals surface area contributed by atoms with Crippen molar-refractivity contribution in [1.82, 2.24) is 9.13 Å². The van der Waals surface area contributed by atoms with Crippen molar-refractivity contribution in [3.63, 3.8) is 0 Å². The van der Waals surface area contributed by atoms with E-state index < -0.39 is 15.7 Å². The topological polar surface area (TPSA) is 61.1 Å². The molecule has 5 nitrogen and oxygen atoms in total. The molecule has 0 radical (unpaired) electrons. The van der Waals surface area contributed by atoms with Crippen molar-refractivity contribution in [2.75, 3.05) is 6.26 Å². The normalized spacial score (nSPS) is 11.7. The van der Waals surface area contributed by atoms with Crippen LogP contribution < -0.4 is 5.69 Å². The number of hydrogen-bond donors (Lipinski definition) is 0. The third-order valence-electron chi connectivity index (χ3n) is 4.03. The molecule has 0 aliphatic carbocycles. The average Bonchev–Trinajstić information content (AvgIpc) is 2.83. The number of halogens is 1. The van der Waals surface area contributed by atoms with Crippen LogP contribution in [0, 0.1) is 12.7 Å². The van der Waals surface area contributed by atoms with Gasteiger partial charge in [-0.1, -0.05) is 36.4 Å². The van der Waals surface area contributed by atoms with Gasteiger partial charge in [-0.15, -0.1) is 0 Å². The Morgan fingerprint density at radius 2 is 1.62 bits per heavy atom. The Morgan fingerprint density at radius 3 is 2.23 bits per heavy atom. The van der Waals surface area contributed by atoms with Gasteiger partial charge in [0.1, 0.15) is 5.82 Å². The molecular weight excluding hydrogens is 355 g/mol. The number of benzene rings is 2. The van der Waals surface area contributed by atoms with Crippen LogP contribution in [0.3, 0.4) is 0 Å². The summed E-state index contributed by atoms with van der Waals surface area (Å²) in [5.41, 5.74) is 2.08. The zero-order chi connectivity index (χ0) is 18.9. The lowest BCUT2D eigenvalue weighted by atomic mass is 10.1. The first-order valence-corrected chi connectivity index (χ1v) is 10.1. The van der Waals surface area contributed by atoms with E-state index in [1.165, 1.54) is 21.5 Å². The summed E-state index contributed by atoms with van der Waals surface area (Å²) in [5, 5.41) is 0. The van der Waals surface area contributed by atoms with E-state index in [9.17, 15) is 17.6 Å². The first kappa shape index (κ1) is 18.1. The summed E-state index contributed by atoms with van der Waals surface area (Å²) in [5.74, 6) is -0.476. The van der Waals surface area contributed by atoms with Gasteiger partial charge in [-0.2, -0.15) is 0 Å². The molecule has 136 valence electrons. The van der Waals surface area contributed by atoms with E-state index in [0.29, 0.717) is 17.8 Å². The second-order valence-corrected chi connectivity index (χ2v) is 8.49. The number of sulfone groups is 1. The van der Waals surface area contributed by atoms with E-state index >= 15 is 0 Å². The van der Waals surface area contributed by atoms with Crippen molar-refractivity contribution < 1.29 is 12.8 Å². The van der Waals surface area contributed by atoms with E-state index in [1.54, 1.807) is 55.6 Å². The van der Waals surface area contributed by atoms with Crippen molar-refractivity contribution in [1.29, 1.82) is 0 Å². The maximum atomic E-state index is 14.0. The summed E-state index contributed by atoms with van der Waals surface area (Å²) in [6, 6.07) is 13.2. The molecule has 0 fully saturated rings. The van der Waals surface area contributed by atoms with Crippen LogP contribution in [0.5, 0.6) is 0 Å². The summed E-state index contributed by atoms with van der Waals surface area (Å²) in [6.45, 7) is 2.07. The fourth-order valence-electron chi connectivity index (χ4n) is 2.90. The number of rotatable bonds is 5. The highest BCUT2D eigenvalue weighted by Gasteiger charge is 2.13. The fourth-order valence-corrected chi connectivity index (χ4v) is 3.70. The predicted molar refractivity (Wildman–Crippen MR) is 98.8 cm³/mol. The number of para-hydroxylation sites is 1. The molecule has 0 bridgehead atoms. The fraction of sp³-hybridized carbons (Fsp3) is 0.211. The molecule has 0 N–H and O–H groups in total. The van der Waals surface area contributed by atoms with E-state index in [-0.39, 0.29) is 17.1 Å². The Balaban J connectivity index is 1.89. The summed E-state index contributed by atoms with van der Waals surface area (Å²) in [7, 11) is -3.09. The van der Waals surface area contributed by atoms with Gasteiger partial charge in [-0.05, 0) is 30.2 Å². The molecule has 3 aromatic rings. The Morgan fingerprint density at radius 1 is 1.00 bits per heavy atom. The molecule has 0 atom stereocenters. The third-order valence-corrected chi connectivity index (χ3v) is 4.89. The number of nitrogens with zero attached hydrogens (tertiary/aromatic N) is 2. The summed E-state index contributed by atoms with van der Waals surface area (Å²) < 4.78 is 39.6. The van der Waals surface area contributed by atoms with Gasteiger partial charge < -0.3 is 0 Å². The second-order valence-electron chi connectivity index (χ2n) is 6.35. The van der Waals surface area contributed by atoms with E-state index in [2.05, 4.69) is 0 Å². The van der Waals surface area contributed by atoms with E-state index in [1.807, 2.05) is 0 Å². The molecule has 7 heteroatoms. The standard InChI is InChI=1S/C19H19FN2O3S/c1-14-11-21(19(23)22(14)18-6-4-3-5-17(18)20)12-15-7-9-16(10-8-15)13-26(2,24)25/h3-11H,12-13H2,1-2H3. The van der Waals surface area contributed by atoms with Crippen LogP contribution in [0.4, 0.5) is 4.39 Å². The lowest BCUT2D eigenvalue weighted by molar-refractivity contribution is 0.601. The van der Waals surface area contributed by atoms with Crippen molar-refractivity contribution >= 4 is 9.84 Å². The number of aromatic nitrogens is 2. The average molecular weight is 374 g/mol. The van der Waals surface area contributed by atoms with Crippen molar-refractivity contribution in [3.05, 3.63) is 87.9 Å². The highest BCUT2D eigenvalue weighted by Crippen LogP contribution is 2.14. The molecule has 0 spiro atoms. The maximum Gasteiger partial charge on any atom is 0.333 e. The highest BCUT2D eigenvalue weighted by molar-refractivity contribution is 7.89. The van der Waals surface area contributed by atoms with Gasteiger partial charge in [0.15, 0.2) is 9.84 Å². The van der Waals surface area contributed by atoms with Crippen LogP contribution in [0.2, 0.25) is 0 Å². The molecule has 0 aliphatic rings. The highest BCUT2D eigenvalue weighted by atomic mass is 32.2. The van der Waals surface area contributed by atoms with Gasteiger partial charge in [0, 0.05) is 18.1 Å². The molecule has 26 heavy (non-hydrogen) atoms. The largest absolute Gasteiger partial charge is 0.333 e. The lowest BCUT2D eigenvalue weighted by Crippen LogP contribution is -2.24. The van der Waals surface area contributed by atoms with Crippen LogP contribution in [0.15, 0.2) is 59.5 Å². The first-order valence-electron chi connectivity index (χ1n) is 8.04. The molecule has 2 aromatic carbocycles. The van der Waals surface area contributed by atoms with Gasteiger partial charge in [0.2, 0.25) is 0 Å². The Hall–Kier alpha value is -2.67. The first-order chi connectivity index (χ1) is 12.2. The Labute approximate surface area is 151 Å². The van der Waals surface area contributed by atoms with Crippen LogP contribution in [0.25, 0.3) is 5.69 Å². The van der Waals surface area contributed by atoms with Gasteiger partial charge in [0.25, 0.3) is 0 Å². The van der Waals surface area contributed by atoms with Gasteiger partial charge in [-0.25, -0.2) is 17.6 Å². The zero-order valence-corrected chi connectivity index (χ0v) is 15.3. The van der Waals surface area contributed by atoms with E-state index in [0.717, 1.165) is 5.56 Å². The molecule has 0 saturated heterocycles. The van der Waals surface area contributed by atoms with Crippen molar-refractivity contribution in [3.8, 4) is 5.69 Å². The Bertz CT molecular complexity index is 1100. The zero-order valence-electron chi connectivity index (χ0n) is 14.5. The quantitative estimate of drug-likeness (QED) is 0.690. The number of aryl methyl sites for hydroxylation is 1. The summed E-state index contributed by atoms with van der Waals surface area (Å²) in [4.78, 5) is 12.7. The molecule has 0 aliphatic heterocycles. The maximum absolute atomic E-state index is 14.0. The molecule has 3 rings (SSSR count). The minimum atomic E-state index is -3.09. The second kappa shape index (κ2) is 6.92. The van der Waals surface area contributed by atoms with Crippen LogP contribution in [-0.2, 0) is 22.1 Å². The number of hydrogen-bond acceptors (Lipinski definition) is 3. The van der Waals surface area contributed by atoms with Crippen molar-refractivity contribution in [2.24, 2.45) is 0 Å². The van der Waals surface area contributed by atoms with E-state index in [4.69, 9.17) is 0 Å². The summed E-state index contributed by atoms with van der Waals surface area (Å²) in [6.07, 6.45) is 2.87. The SMILES string of the molecule is Cc1cn(Cc2ccc(CS(C)(=O)=O)cc2)c(=O)n1-c1ccccc1F. The lowest BCUT2D eigenvalue weighted by Gasteiger charge is -2.06. The van der Waals surface area contributed by atoms with Crippen LogP contribution >= 0.6 is 0 Å². The third kappa shape index (κ3) is 3.94. The molecule has 0 saturated carbocycles. The molecule has 0 unspecified atom stereocenters. The van der Waals surface area contributed by atoms with Gasteiger partial charge in [0.05, 0.1) is 18.0 Å². The minimum absolute atomic E-state index is 0.0179. The molecular formula is C19H19FN2O3S. The van der Waals surface area contributed by atoms with Crippen LogP contribution in [-0.4, -0.2) is 23.8 Å². The molecule has 1 aromatic heterocycles. The van der Waals surface area contributed by atoms with Crippen LogP contribution in [0.1, 0.15) is 16.8 Å². The van der Waals surface area contributed by atoms with Gasteiger partial charge >= 0.3 is 5.69 Å². The number of imidazole rings is 1. The monoisotopic (exact) mass is 374 g/mol. The molecule has 0 amide bonds. The van der Waals surface area contributed by atoms with Crippen molar-refractivity contribution in [2.45, 2.75) is 19.2 Å².